The highest BCUT2D eigenvalue weighted by atomic mass is 32.2. The van der Waals surface area contributed by atoms with Gasteiger partial charge >= 0.3 is 0 Å². The zero-order valence-corrected chi connectivity index (χ0v) is 9.60. The van der Waals surface area contributed by atoms with E-state index in [1.165, 1.54) is 0 Å². The summed E-state index contributed by atoms with van der Waals surface area (Å²) in [5.74, 6) is -2.54. The van der Waals surface area contributed by atoms with Crippen molar-refractivity contribution in [3.05, 3.63) is 29.8 Å². The fourth-order valence-electron chi connectivity index (χ4n) is 1.10. The van der Waals surface area contributed by atoms with Gasteiger partial charge in [-0.05, 0) is 12.1 Å². The van der Waals surface area contributed by atoms with Crippen LogP contribution in [0.3, 0.4) is 0 Å². The molecule has 1 atom stereocenters. The molecule has 0 saturated carbocycles. The van der Waals surface area contributed by atoms with Crippen molar-refractivity contribution < 1.29 is 22.9 Å². The third-order valence-electron chi connectivity index (χ3n) is 1.81. The second-order valence-corrected chi connectivity index (χ2v) is 4.76. The lowest BCUT2D eigenvalue weighted by Gasteiger charge is -2.06. The predicted molar refractivity (Wildman–Crippen MR) is 59.9 cm³/mol. The second kappa shape index (κ2) is 6.41. The van der Waals surface area contributed by atoms with Crippen LogP contribution in [-0.4, -0.2) is 33.3 Å². The molecule has 0 fully saturated rings. The van der Waals surface area contributed by atoms with Crippen molar-refractivity contribution in [2.45, 2.75) is 0 Å². The lowest BCUT2D eigenvalue weighted by Crippen LogP contribution is -2.22. The number of anilines is 1. The molecule has 0 aliphatic carbocycles. The van der Waals surface area contributed by atoms with E-state index in [9.17, 15) is 17.8 Å². The van der Waals surface area contributed by atoms with Crippen molar-refractivity contribution in [3.63, 3.8) is 0 Å². The third-order valence-corrected chi connectivity index (χ3v) is 3.04. The van der Waals surface area contributed by atoms with Crippen LogP contribution < -0.4 is 5.32 Å². The third kappa shape index (κ3) is 4.58. The first-order chi connectivity index (χ1) is 8.02. The molecule has 7 heteroatoms. The predicted octanol–water partition coefficient (Wildman–Crippen LogP) is 0.644. The SMILES string of the molecule is O=C(CS(=O)CCO)Nc1cc(F)ccc1F. The molecule has 1 amide bonds. The van der Waals surface area contributed by atoms with Gasteiger partial charge in [-0.15, -0.1) is 0 Å². The Hall–Kier alpha value is -1.34. The molecule has 0 aliphatic heterocycles. The van der Waals surface area contributed by atoms with Crippen LogP contribution in [0.2, 0.25) is 0 Å². The zero-order chi connectivity index (χ0) is 12.8. The minimum Gasteiger partial charge on any atom is -0.395 e. The molecule has 0 aliphatic rings. The highest BCUT2D eigenvalue weighted by Crippen LogP contribution is 2.14. The molecule has 1 unspecified atom stereocenters. The van der Waals surface area contributed by atoms with Crippen molar-refractivity contribution in [1.82, 2.24) is 0 Å². The molecule has 4 nitrogen and oxygen atoms in total. The average Bonchev–Trinajstić information content (AvgIpc) is 2.23. The van der Waals surface area contributed by atoms with Crippen LogP contribution in [0.25, 0.3) is 0 Å². The first-order valence-electron chi connectivity index (χ1n) is 4.73. The molecule has 0 aromatic heterocycles. The number of carbonyl (C=O) groups excluding carboxylic acids is 1. The van der Waals surface area contributed by atoms with Gasteiger partial charge in [0.15, 0.2) is 0 Å². The van der Waals surface area contributed by atoms with Gasteiger partial charge in [-0.3, -0.25) is 9.00 Å². The number of hydrogen-bond acceptors (Lipinski definition) is 3. The van der Waals surface area contributed by atoms with E-state index in [4.69, 9.17) is 5.11 Å². The largest absolute Gasteiger partial charge is 0.395 e. The van der Waals surface area contributed by atoms with E-state index in [0.717, 1.165) is 18.2 Å². The summed E-state index contributed by atoms with van der Waals surface area (Å²) in [7, 11) is -1.51. The number of carbonyl (C=O) groups is 1. The van der Waals surface area contributed by atoms with Crippen LogP contribution in [0.15, 0.2) is 18.2 Å². The van der Waals surface area contributed by atoms with E-state index in [1.807, 2.05) is 0 Å². The Morgan fingerprint density at radius 1 is 1.41 bits per heavy atom. The summed E-state index contributed by atoms with van der Waals surface area (Å²) in [4.78, 5) is 11.3. The first-order valence-corrected chi connectivity index (χ1v) is 6.22. The number of aliphatic hydroxyl groups is 1. The number of benzene rings is 1. The van der Waals surface area contributed by atoms with Crippen LogP contribution in [0, 0.1) is 11.6 Å². The fraction of sp³-hybridized carbons (Fsp3) is 0.300. The lowest BCUT2D eigenvalue weighted by atomic mass is 10.3. The van der Waals surface area contributed by atoms with E-state index >= 15 is 0 Å². The van der Waals surface area contributed by atoms with Gasteiger partial charge in [0.2, 0.25) is 5.91 Å². The molecule has 94 valence electrons. The summed E-state index contributed by atoms with van der Waals surface area (Å²) >= 11 is 0. The minimum atomic E-state index is -1.51. The monoisotopic (exact) mass is 263 g/mol. The molecule has 1 rings (SSSR count). The van der Waals surface area contributed by atoms with Crippen LogP contribution in [0.1, 0.15) is 0 Å². The lowest BCUT2D eigenvalue weighted by molar-refractivity contribution is -0.113. The quantitative estimate of drug-likeness (QED) is 0.819. The molecule has 2 N–H and O–H groups in total. The zero-order valence-electron chi connectivity index (χ0n) is 8.78. The molecule has 0 heterocycles. The van der Waals surface area contributed by atoms with Gasteiger partial charge in [-0.2, -0.15) is 0 Å². The highest BCUT2D eigenvalue weighted by molar-refractivity contribution is 7.85. The number of halogens is 2. The van der Waals surface area contributed by atoms with Crippen molar-refractivity contribution >= 4 is 22.4 Å². The second-order valence-electron chi connectivity index (χ2n) is 3.18. The van der Waals surface area contributed by atoms with Crippen LogP contribution >= 0.6 is 0 Å². The summed E-state index contributed by atoms with van der Waals surface area (Å²) in [6, 6.07) is 2.65. The van der Waals surface area contributed by atoms with Crippen molar-refractivity contribution in [2.24, 2.45) is 0 Å². The molecule has 0 spiro atoms. The Balaban J connectivity index is 2.62. The topological polar surface area (TPSA) is 66.4 Å². The van der Waals surface area contributed by atoms with Crippen molar-refractivity contribution in [2.75, 3.05) is 23.4 Å². The Bertz CT molecular complexity index is 440. The van der Waals surface area contributed by atoms with Gasteiger partial charge in [0.25, 0.3) is 0 Å². The van der Waals surface area contributed by atoms with E-state index in [2.05, 4.69) is 5.32 Å². The van der Waals surface area contributed by atoms with Crippen molar-refractivity contribution in [3.8, 4) is 0 Å². The van der Waals surface area contributed by atoms with E-state index in [1.54, 1.807) is 0 Å². The van der Waals surface area contributed by atoms with Crippen molar-refractivity contribution in [1.29, 1.82) is 0 Å². The van der Waals surface area contributed by atoms with Crippen LogP contribution in [0.4, 0.5) is 14.5 Å². The molecular weight excluding hydrogens is 252 g/mol. The summed E-state index contributed by atoms with van der Waals surface area (Å²) in [6.45, 7) is -0.297. The Labute approximate surface area is 99.1 Å². The Morgan fingerprint density at radius 2 is 2.12 bits per heavy atom. The average molecular weight is 263 g/mol. The van der Waals surface area contributed by atoms with Gasteiger partial charge in [0.05, 0.1) is 12.3 Å². The summed E-state index contributed by atoms with van der Waals surface area (Å²) in [5.41, 5.74) is -0.295. The maximum absolute atomic E-state index is 13.1. The molecule has 0 bridgehead atoms. The summed E-state index contributed by atoms with van der Waals surface area (Å²) in [6.07, 6.45) is 0. The van der Waals surface area contributed by atoms with E-state index < -0.39 is 28.3 Å². The smallest absolute Gasteiger partial charge is 0.237 e. The van der Waals surface area contributed by atoms with Gasteiger partial charge in [-0.25, -0.2) is 8.78 Å². The molecule has 0 saturated heterocycles. The van der Waals surface area contributed by atoms with E-state index in [0.29, 0.717) is 0 Å². The number of nitrogens with one attached hydrogen (secondary N) is 1. The van der Waals surface area contributed by atoms with Crippen LogP contribution in [-0.2, 0) is 15.6 Å². The summed E-state index contributed by atoms with van der Waals surface area (Å²) < 4.78 is 37.0. The standard InChI is InChI=1S/C10H11F2NO3S/c11-7-1-2-8(12)9(5-7)13-10(15)6-17(16)4-3-14/h1-2,5,14H,3-4,6H2,(H,13,15). The number of amides is 1. The molecule has 1 aromatic carbocycles. The van der Waals surface area contributed by atoms with E-state index in [-0.39, 0.29) is 23.8 Å². The van der Waals surface area contributed by atoms with Crippen LogP contribution in [0.5, 0.6) is 0 Å². The normalized spacial score (nSPS) is 12.2. The Morgan fingerprint density at radius 3 is 2.76 bits per heavy atom. The molecule has 1 aromatic rings. The molecular formula is C10H11F2NO3S. The molecule has 17 heavy (non-hydrogen) atoms. The minimum absolute atomic E-state index is 0.0287. The molecule has 0 radical (unpaired) electrons. The highest BCUT2D eigenvalue weighted by Gasteiger charge is 2.11. The Kier molecular flexibility index (Phi) is 5.17. The van der Waals surface area contributed by atoms with Gasteiger partial charge in [-0.1, -0.05) is 0 Å². The van der Waals surface area contributed by atoms with Gasteiger partial charge in [0, 0.05) is 22.6 Å². The number of aliphatic hydroxyl groups excluding tert-OH is 1. The van der Waals surface area contributed by atoms with Gasteiger partial charge < -0.3 is 10.4 Å². The summed E-state index contributed by atoms with van der Waals surface area (Å²) in [5, 5.41) is 10.6. The fourth-order valence-corrected chi connectivity index (χ4v) is 1.81. The maximum Gasteiger partial charge on any atom is 0.237 e. The van der Waals surface area contributed by atoms with Gasteiger partial charge in [0.1, 0.15) is 17.4 Å². The number of rotatable bonds is 5. The first kappa shape index (κ1) is 13.7. The number of hydrogen-bond donors (Lipinski definition) is 2. The maximum atomic E-state index is 13.1.